The smallest absolute Gasteiger partial charge is 0.220 e. The normalized spacial score (nSPS) is 26.0. The van der Waals surface area contributed by atoms with Crippen LogP contribution in [-0.2, 0) is 4.79 Å². The van der Waals surface area contributed by atoms with Crippen LogP contribution in [0.5, 0.6) is 0 Å². The highest BCUT2D eigenvalue weighted by molar-refractivity contribution is 5.94. The highest BCUT2D eigenvalue weighted by Crippen LogP contribution is 2.32. The first-order valence-electron chi connectivity index (χ1n) is 10.6. The maximum absolute atomic E-state index is 12.7. The first kappa shape index (κ1) is 19.2. The van der Waals surface area contributed by atoms with Crippen molar-refractivity contribution in [2.75, 3.05) is 38.1 Å². The molecule has 2 aromatic rings. The molecule has 0 saturated carbocycles. The highest BCUT2D eigenvalue weighted by atomic mass is 16.1. The minimum absolute atomic E-state index is 0.210. The Morgan fingerprint density at radius 1 is 1.25 bits per heavy atom. The van der Waals surface area contributed by atoms with E-state index in [1.165, 1.54) is 29.5 Å². The van der Waals surface area contributed by atoms with Crippen molar-refractivity contribution in [3.8, 4) is 0 Å². The molecule has 1 aromatic carbocycles. The summed E-state index contributed by atoms with van der Waals surface area (Å²) in [7, 11) is 2.15. The van der Waals surface area contributed by atoms with Gasteiger partial charge in [0.1, 0.15) is 0 Å². The summed E-state index contributed by atoms with van der Waals surface area (Å²) in [4.78, 5) is 22.0. The zero-order chi connectivity index (χ0) is 19.7. The van der Waals surface area contributed by atoms with Crippen LogP contribution in [-0.4, -0.2) is 55.1 Å². The SMILES string of the molecule is Cc1ccc(N2CC(NC(=O)CC3CCCN(C)C3)[C@H](C)C2)c2cccnc12. The van der Waals surface area contributed by atoms with Crippen molar-refractivity contribution >= 4 is 22.5 Å². The van der Waals surface area contributed by atoms with E-state index in [0.29, 0.717) is 18.3 Å². The Labute approximate surface area is 168 Å². The topological polar surface area (TPSA) is 48.5 Å². The van der Waals surface area contributed by atoms with Gasteiger partial charge in [0.15, 0.2) is 0 Å². The molecule has 2 aliphatic heterocycles. The average molecular weight is 381 g/mol. The molecule has 1 amide bonds. The molecule has 3 atom stereocenters. The number of anilines is 1. The zero-order valence-corrected chi connectivity index (χ0v) is 17.3. The summed E-state index contributed by atoms with van der Waals surface area (Å²) in [5, 5.41) is 4.54. The maximum Gasteiger partial charge on any atom is 0.220 e. The summed E-state index contributed by atoms with van der Waals surface area (Å²) >= 11 is 0. The molecular formula is C23H32N4O. The van der Waals surface area contributed by atoms with Crippen LogP contribution in [0.25, 0.3) is 10.9 Å². The van der Waals surface area contributed by atoms with E-state index in [-0.39, 0.29) is 11.9 Å². The van der Waals surface area contributed by atoms with E-state index in [1.807, 2.05) is 12.3 Å². The highest BCUT2D eigenvalue weighted by Gasteiger charge is 2.32. The summed E-state index contributed by atoms with van der Waals surface area (Å²) in [6.07, 6.45) is 4.89. The van der Waals surface area contributed by atoms with E-state index in [4.69, 9.17) is 0 Å². The molecule has 1 N–H and O–H groups in total. The molecule has 2 aliphatic rings. The number of carbonyl (C=O) groups excluding carboxylic acids is 1. The molecule has 0 radical (unpaired) electrons. The third kappa shape index (κ3) is 4.00. The summed E-state index contributed by atoms with van der Waals surface area (Å²) in [5.74, 6) is 1.15. The number of piperidine rings is 1. The number of fused-ring (bicyclic) bond motifs is 1. The van der Waals surface area contributed by atoms with Crippen molar-refractivity contribution in [3.05, 3.63) is 36.0 Å². The Balaban J connectivity index is 1.42. The van der Waals surface area contributed by atoms with Crippen LogP contribution in [0.15, 0.2) is 30.5 Å². The number of hydrogen-bond acceptors (Lipinski definition) is 4. The van der Waals surface area contributed by atoms with Crippen LogP contribution < -0.4 is 10.2 Å². The van der Waals surface area contributed by atoms with E-state index in [0.717, 1.165) is 31.7 Å². The molecule has 0 aliphatic carbocycles. The van der Waals surface area contributed by atoms with Gasteiger partial charge >= 0.3 is 0 Å². The third-order valence-corrected chi connectivity index (χ3v) is 6.44. The van der Waals surface area contributed by atoms with Gasteiger partial charge in [0.25, 0.3) is 0 Å². The summed E-state index contributed by atoms with van der Waals surface area (Å²) in [6, 6.07) is 8.72. The van der Waals surface area contributed by atoms with Gasteiger partial charge < -0.3 is 15.1 Å². The molecule has 150 valence electrons. The lowest BCUT2D eigenvalue weighted by Gasteiger charge is -2.29. The molecule has 2 unspecified atom stereocenters. The third-order valence-electron chi connectivity index (χ3n) is 6.44. The standard InChI is InChI=1S/C23H32N4O/c1-16-8-9-21(19-7-4-10-24-23(16)19)27-13-17(2)20(15-27)25-22(28)12-18-6-5-11-26(3)14-18/h4,7-10,17-18,20H,5-6,11-15H2,1-3H3,(H,25,28)/t17-,18?,20?/m1/s1. The van der Waals surface area contributed by atoms with Crippen molar-refractivity contribution in [1.82, 2.24) is 15.2 Å². The van der Waals surface area contributed by atoms with Crippen LogP contribution >= 0.6 is 0 Å². The molecule has 2 saturated heterocycles. The van der Waals surface area contributed by atoms with Crippen LogP contribution in [0.3, 0.4) is 0 Å². The lowest BCUT2D eigenvalue weighted by atomic mass is 9.94. The van der Waals surface area contributed by atoms with Crippen molar-refractivity contribution < 1.29 is 4.79 Å². The lowest BCUT2D eigenvalue weighted by Crippen LogP contribution is -2.42. The Bertz CT molecular complexity index is 852. The number of hydrogen-bond donors (Lipinski definition) is 1. The Morgan fingerprint density at radius 3 is 2.93 bits per heavy atom. The second kappa shape index (κ2) is 8.08. The number of nitrogens with one attached hydrogen (secondary N) is 1. The molecule has 0 spiro atoms. The van der Waals surface area contributed by atoms with E-state index >= 15 is 0 Å². The average Bonchev–Trinajstić information content (AvgIpc) is 3.02. The van der Waals surface area contributed by atoms with Crippen molar-refractivity contribution in [3.63, 3.8) is 0 Å². The first-order chi connectivity index (χ1) is 13.5. The van der Waals surface area contributed by atoms with Crippen LogP contribution in [0.4, 0.5) is 5.69 Å². The fraction of sp³-hybridized carbons (Fsp3) is 0.565. The monoisotopic (exact) mass is 380 g/mol. The van der Waals surface area contributed by atoms with Crippen LogP contribution in [0.1, 0.15) is 31.7 Å². The maximum atomic E-state index is 12.7. The van der Waals surface area contributed by atoms with Crippen LogP contribution in [0.2, 0.25) is 0 Å². The number of benzene rings is 1. The number of nitrogens with zero attached hydrogens (tertiary/aromatic N) is 3. The quantitative estimate of drug-likeness (QED) is 0.885. The van der Waals surface area contributed by atoms with Gasteiger partial charge in [-0.15, -0.1) is 0 Å². The number of rotatable bonds is 4. The predicted molar refractivity (Wildman–Crippen MR) is 115 cm³/mol. The van der Waals surface area contributed by atoms with Crippen molar-refractivity contribution in [2.24, 2.45) is 11.8 Å². The number of pyridine rings is 1. The fourth-order valence-electron chi connectivity index (χ4n) is 4.89. The largest absolute Gasteiger partial charge is 0.369 e. The van der Waals surface area contributed by atoms with Crippen molar-refractivity contribution in [1.29, 1.82) is 0 Å². The number of carbonyl (C=O) groups is 1. The Kier molecular flexibility index (Phi) is 5.54. The first-order valence-corrected chi connectivity index (χ1v) is 10.6. The van der Waals surface area contributed by atoms with Gasteiger partial charge in [0.05, 0.1) is 11.6 Å². The molecule has 1 aromatic heterocycles. The fourth-order valence-corrected chi connectivity index (χ4v) is 4.89. The van der Waals surface area contributed by atoms with E-state index in [1.54, 1.807) is 0 Å². The van der Waals surface area contributed by atoms with Crippen molar-refractivity contribution in [2.45, 2.75) is 39.2 Å². The molecule has 0 bridgehead atoms. The molecule has 5 heteroatoms. The zero-order valence-electron chi connectivity index (χ0n) is 17.3. The van der Waals surface area contributed by atoms with E-state index < -0.39 is 0 Å². The lowest BCUT2D eigenvalue weighted by molar-refractivity contribution is -0.123. The Hall–Kier alpha value is -2.14. The second-order valence-corrected chi connectivity index (χ2v) is 8.83. The van der Waals surface area contributed by atoms with Gasteiger partial charge in [-0.2, -0.15) is 0 Å². The number of aryl methyl sites for hydroxylation is 1. The van der Waals surface area contributed by atoms with Gasteiger partial charge in [0.2, 0.25) is 5.91 Å². The predicted octanol–water partition coefficient (Wildman–Crippen LogP) is 3.22. The van der Waals surface area contributed by atoms with Gasteiger partial charge in [-0.25, -0.2) is 0 Å². The molecule has 2 fully saturated rings. The van der Waals surface area contributed by atoms with Gasteiger partial charge in [-0.05, 0) is 69.0 Å². The van der Waals surface area contributed by atoms with E-state index in [2.05, 4.69) is 59.2 Å². The molecule has 28 heavy (non-hydrogen) atoms. The number of aromatic nitrogens is 1. The molecular weight excluding hydrogens is 348 g/mol. The van der Waals surface area contributed by atoms with Gasteiger partial charge in [-0.3, -0.25) is 9.78 Å². The number of amides is 1. The Morgan fingerprint density at radius 2 is 2.11 bits per heavy atom. The molecule has 3 heterocycles. The summed E-state index contributed by atoms with van der Waals surface area (Å²) < 4.78 is 0. The second-order valence-electron chi connectivity index (χ2n) is 8.83. The van der Waals surface area contributed by atoms with Gasteiger partial charge in [0, 0.05) is 43.3 Å². The van der Waals surface area contributed by atoms with Gasteiger partial charge in [-0.1, -0.05) is 13.0 Å². The minimum atomic E-state index is 0.210. The minimum Gasteiger partial charge on any atom is -0.369 e. The van der Waals surface area contributed by atoms with Crippen LogP contribution in [0, 0.1) is 18.8 Å². The molecule has 4 rings (SSSR count). The summed E-state index contributed by atoms with van der Waals surface area (Å²) in [5.41, 5.74) is 3.50. The van der Waals surface area contributed by atoms with E-state index in [9.17, 15) is 4.79 Å². The molecule has 5 nitrogen and oxygen atoms in total. The summed E-state index contributed by atoms with van der Waals surface area (Å²) in [6.45, 7) is 8.38. The number of likely N-dealkylation sites (tertiary alicyclic amines) is 1.